The molecule has 3 N–H and O–H groups in total. The highest BCUT2D eigenvalue weighted by molar-refractivity contribution is 5.96. The Bertz CT molecular complexity index is 840. The maximum absolute atomic E-state index is 12.5. The number of carbonyl (C=O) groups is 2. The van der Waals surface area contributed by atoms with E-state index in [-0.39, 0.29) is 5.56 Å². The molecule has 1 heterocycles. The van der Waals surface area contributed by atoms with Crippen molar-refractivity contribution < 1.29 is 19.4 Å². The number of carboxylic acid groups (broad SMARTS) is 1. The van der Waals surface area contributed by atoms with Crippen LogP contribution in [0.5, 0.6) is 5.75 Å². The third kappa shape index (κ3) is 4.95. The fourth-order valence-electron chi connectivity index (χ4n) is 2.58. The molecule has 0 bridgehead atoms. The normalized spacial score (nSPS) is 11.8. The zero-order valence-electron chi connectivity index (χ0n) is 14.9. The molecule has 7 heteroatoms. The van der Waals surface area contributed by atoms with E-state index in [9.17, 15) is 19.5 Å². The molecular formula is C19H22N2O5. The van der Waals surface area contributed by atoms with E-state index >= 15 is 0 Å². The second kappa shape index (κ2) is 8.33. The summed E-state index contributed by atoms with van der Waals surface area (Å²) in [4.78, 5) is 38.6. The van der Waals surface area contributed by atoms with Gasteiger partial charge in [0, 0.05) is 17.3 Å². The van der Waals surface area contributed by atoms with Crippen molar-refractivity contribution in [3.63, 3.8) is 0 Å². The Morgan fingerprint density at radius 1 is 1.19 bits per heavy atom. The second-order valence-corrected chi connectivity index (χ2v) is 6.37. The molecule has 1 atom stereocenters. The lowest BCUT2D eigenvalue weighted by atomic mass is 10.0. The van der Waals surface area contributed by atoms with Crippen LogP contribution >= 0.6 is 0 Å². The molecule has 0 aliphatic heterocycles. The number of aromatic amines is 1. The van der Waals surface area contributed by atoms with Crippen molar-refractivity contribution >= 4 is 11.9 Å². The molecule has 7 nitrogen and oxygen atoms in total. The topological polar surface area (TPSA) is 108 Å². The van der Waals surface area contributed by atoms with Crippen molar-refractivity contribution in [3.8, 4) is 5.75 Å². The molecule has 0 aliphatic rings. The predicted octanol–water partition coefficient (Wildman–Crippen LogP) is 2.14. The van der Waals surface area contributed by atoms with Crippen molar-refractivity contribution in [3.05, 3.63) is 63.6 Å². The summed E-state index contributed by atoms with van der Waals surface area (Å²) in [7, 11) is 1.51. The highest BCUT2D eigenvalue weighted by atomic mass is 16.5. The molecule has 138 valence electrons. The number of benzene rings is 1. The molecule has 0 radical (unpaired) electrons. The largest absolute Gasteiger partial charge is 0.497 e. The Morgan fingerprint density at radius 2 is 1.85 bits per heavy atom. The first kappa shape index (κ1) is 19.2. The van der Waals surface area contributed by atoms with Crippen LogP contribution in [-0.4, -0.2) is 29.1 Å². The quantitative estimate of drug-likeness (QED) is 0.703. The predicted molar refractivity (Wildman–Crippen MR) is 96.4 cm³/mol. The van der Waals surface area contributed by atoms with Gasteiger partial charge in [-0.25, -0.2) is 4.79 Å². The summed E-state index contributed by atoms with van der Waals surface area (Å²) in [5, 5.41) is 11.9. The molecule has 1 aromatic heterocycles. The molecule has 0 spiro atoms. The van der Waals surface area contributed by atoms with E-state index in [0.717, 1.165) is 6.07 Å². The van der Waals surface area contributed by atoms with Gasteiger partial charge in [-0.15, -0.1) is 0 Å². The zero-order valence-corrected chi connectivity index (χ0v) is 14.9. The van der Waals surface area contributed by atoms with Crippen LogP contribution in [0.25, 0.3) is 0 Å². The SMILES string of the molecule is COc1ccc(C(NC(=O)c2cc(CC(C)C)[nH]c(=O)c2)C(=O)O)cc1. The highest BCUT2D eigenvalue weighted by Gasteiger charge is 2.23. The Labute approximate surface area is 151 Å². The van der Waals surface area contributed by atoms with Gasteiger partial charge >= 0.3 is 5.97 Å². The molecule has 1 unspecified atom stereocenters. The van der Waals surface area contributed by atoms with Crippen LogP contribution in [0.15, 0.2) is 41.2 Å². The van der Waals surface area contributed by atoms with Crippen molar-refractivity contribution in [1.29, 1.82) is 0 Å². The molecule has 26 heavy (non-hydrogen) atoms. The van der Waals surface area contributed by atoms with Gasteiger partial charge in [-0.05, 0) is 36.1 Å². The van der Waals surface area contributed by atoms with Crippen LogP contribution in [-0.2, 0) is 11.2 Å². The van der Waals surface area contributed by atoms with Gasteiger partial charge in [0.1, 0.15) is 5.75 Å². The third-order valence-corrected chi connectivity index (χ3v) is 3.76. The first-order valence-corrected chi connectivity index (χ1v) is 8.21. The number of pyridine rings is 1. The number of ether oxygens (including phenoxy) is 1. The maximum atomic E-state index is 12.5. The van der Waals surface area contributed by atoms with Crippen LogP contribution in [0.3, 0.4) is 0 Å². The summed E-state index contributed by atoms with van der Waals surface area (Å²) in [6.45, 7) is 3.99. The van der Waals surface area contributed by atoms with Crippen LogP contribution < -0.4 is 15.6 Å². The van der Waals surface area contributed by atoms with Gasteiger partial charge in [-0.3, -0.25) is 9.59 Å². The van der Waals surface area contributed by atoms with Crippen molar-refractivity contribution in [1.82, 2.24) is 10.3 Å². The lowest BCUT2D eigenvalue weighted by Gasteiger charge is -2.16. The minimum absolute atomic E-state index is 0.129. The van der Waals surface area contributed by atoms with Crippen molar-refractivity contribution in [2.45, 2.75) is 26.3 Å². The molecule has 2 aromatic rings. The number of rotatable bonds is 7. The molecule has 0 aliphatic carbocycles. The standard InChI is InChI=1S/C19H22N2O5/c1-11(2)8-14-9-13(10-16(22)20-14)18(23)21-17(19(24)25)12-4-6-15(26-3)7-5-12/h4-7,9-11,17H,8H2,1-3H3,(H,20,22)(H,21,23)(H,24,25). The van der Waals surface area contributed by atoms with E-state index in [0.29, 0.717) is 29.3 Å². The van der Waals surface area contributed by atoms with Gasteiger partial charge in [0.2, 0.25) is 5.56 Å². The zero-order chi connectivity index (χ0) is 19.3. The number of carboxylic acids is 1. The fourth-order valence-corrected chi connectivity index (χ4v) is 2.58. The van der Waals surface area contributed by atoms with E-state index in [1.54, 1.807) is 30.3 Å². The number of H-pyrrole nitrogens is 1. The van der Waals surface area contributed by atoms with Crippen molar-refractivity contribution in [2.75, 3.05) is 7.11 Å². The minimum atomic E-state index is -1.23. The summed E-state index contributed by atoms with van der Waals surface area (Å²) >= 11 is 0. The molecule has 1 aromatic carbocycles. The van der Waals surface area contributed by atoms with Crippen LogP contribution in [0.2, 0.25) is 0 Å². The highest BCUT2D eigenvalue weighted by Crippen LogP contribution is 2.18. The van der Waals surface area contributed by atoms with Crippen LogP contribution in [0.1, 0.15) is 41.5 Å². The Kier molecular flexibility index (Phi) is 6.16. The molecule has 0 saturated heterocycles. The summed E-state index contributed by atoms with van der Waals surface area (Å²) < 4.78 is 5.04. The number of methoxy groups -OCH3 is 1. The maximum Gasteiger partial charge on any atom is 0.330 e. The lowest BCUT2D eigenvalue weighted by molar-refractivity contribution is -0.139. The van der Waals surface area contributed by atoms with Gasteiger partial charge < -0.3 is 20.1 Å². The summed E-state index contributed by atoms with van der Waals surface area (Å²) in [5.74, 6) is -0.938. The number of carbonyl (C=O) groups excluding carboxylic acids is 1. The molecule has 2 rings (SSSR count). The third-order valence-electron chi connectivity index (χ3n) is 3.76. The second-order valence-electron chi connectivity index (χ2n) is 6.37. The number of amides is 1. The number of aliphatic carboxylic acids is 1. The first-order valence-electron chi connectivity index (χ1n) is 8.21. The summed E-state index contributed by atoms with van der Waals surface area (Å²) in [5.41, 5.74) is 0.765. The smallest absolute Gasteiger partial charge is 0.330 e. The van der Waals surface area contributed by atoms with Crippen LogP contribution in [0, 0.1) is 5.92 Å². The Balaban J connectivity index is 2.26. The molecule has 0 fully saturated rings. The summed E-state index contributed by atoms with van der Waals surface area (Å²) in [6, 6.07) is 7.87. The first-order chi connectivity index (χ1) is 12.3. The number of hydrogen-bond acceptors (Lipinski definition) is 4. The van der Waals surface area contributed by atoms with Gasteiger partial charge in [-0.1, -0.05) is 26.0 Å². The van der Waals surface area contributed by atoms with E-state index in [1.807, 2.05) is 13.8 Å². The number of aromatic nitrogens is 1. The fraction of sp³-hybridized carbons (Fsp3) is 0.316. The van der Waals surface area contributed by atoms with Gasteiger partial charge in [0.05, 0.1) is 7.11 Å². The lowest BCUT2D eigenvalue weighted by Crippen LogP contribution is -2.34. The molecule has 0 saturated carbocycles. The average Bonchev–Trinajstić information content (AvgIpc) is 2.58. The van der Waals surface area contributed by atoms with E-state index in [1.165, 1.54) is 7.11 Å². The Hall–Kier alpha value is -3.09. The number of nitrogens with one attached hydrogen (secondary N) is 2. The van der Waals surface area contributed by atoms with Gasteiger partial charge in [0.25, 0.3) is 5.91 Å². The summed E-state index contributed by atoms with van der Waals surface area (Å²) in [6.07, 6.45) is 0.608. The van der Waals surface area contributed by atoms with E-state index in [2.05, 4.69) is 10.3 Å². The van der Waals surface area contributed by atoms with Gasteiger partial charge in [0.15, 0.2) is 6.04 Å². The van der Waals surface area contributed by atoms with Gasteiger partial charge in [-0.2, -0.15) is 0 Å². The minimum Gasteiger partial charge on any atom is -0.497 e. The monoisotopic (exact) mass is 358 g/mol. The van der Waals surface area contributed by atoms with E-state index < -0.39 is 23.5 Å². The van der Waals surface area contributed by atoms with Crippen molar-refractivity contribution in [2.24, 2.45) is 5.92 Å². The average molecular weight is 358 g/mol. The Morgan fingerprint density at radius 3 is 2.38 bits per heavy atom. The van der Waals surface area contributed by atoms with Crippen LogP contribution in [0.4, 0.5) is 0 Å². The molecular weight excluding hydrogens is 336 g/mol. The number of hydrogen-bond donors (Lipinski definition) is 3. The molecule has 1 amide bonds. The van der Waals surface area contributed by atoms with E-state index in [4.69, 9.17) is 4.74 Å².